The number of fused-ring (bicyclic) bond motifs is 1. The fourth-order valence-corrected chi connectivity index (χ4v) is 3.99. The van der Waals surface area contributed by atoms with Gasteiger partial charge in [0.1, 0.15) is 12.7 Å². The maximum atomic E-state index is 13.4. The number of methoxy groups -OCH3 is 1. The van der Waals surface area contributed by atoms with E-state index in [9.17, 15) is 9.59 Å². The Kier molecular flexibility index (Phi) is 6.26. The fourth-order valence-electron chi connectivity index (χ4n) is 3.99. The zero-order chi connectivity index (χ0) is 21.1. The molecule has 160 valence electrons. The van der Waals surface area contributed by atoms with Gasteiger partial charge in [0.15, 0.2) is 0 Å². The Labute approximate surface area is 176 Å². The normalized spacial score (nSPS) is 20.5. The smallest absolute Gasteiger partial charge is 0.254 e. The van der Waals surface area contributed by atoms with Crippen LogP contribution in [0.3, 0.4) is 0 Å². The Balaban J connectivity index is 1.65. The molecule has 0 unspecified atom stereocenters. The summed E-state index contributed by atoms with van der Waals surface area (Å²) in [6.45, 7) is 4.55. The van der Waals surface area contributed by atoms with E-state index in [1.807, 2.05) is 35.2 Å². The molecule has 2 aromatic rings. The van der Waals surface area contributed by atoms with Crippen LogP contribution in [0.5, 0.6) is 0 Å². The molecule has 30 heavy (non-hydrogen) atoms. The lowest BCUT2D eigenvalue weighted by Gasteiger charge is -2.34. The second kappa shape index (κ2) is 9.07. The van der Waals surface area contributed by atoms with Crippen LogP contribution in [0.15, 0.2) is 30.3 Å². The Morgan fingerprint density at radius 3 is 2.67 bits per heavy atom. The van der Waals surface area contributed by atoms with Crippen LogP contribution in [-0.4, -0.2) is 98.1 Å². The van der Waals surface area contributed by atoms with Gasteiger partial charge in [-0.3, -0.25) is 9.59 Å². The number of pyridine rings is 1. The van der Waals surface area contributed by atoms with Crippen LogP contribution in [0.1, 0.15) is 22.2 Å². The number of carbonyl (C=O) groups is 2. The van der Waals surface area contributed by atoms with E-state index in [0.29, 0.717) is 44.0 Å². The number of rotatable bonds is 4. The summed E-state index contributed by atoms with van der Waals surface area (Å²) in [5.41, 5.74) is 2.08. The van der Waals surface area contributed by atoms with E-state index >= 15 is 0 Å². The van der Waals surface area contributed by atoms with Crippen LogP contribution >= 0.6 is 0 Å². The van der Waals surface area contributed by atoms with Crippen LogP contribution in [0.2, 0.25) is 0 Å². The van der Waals surface area contributed by atoms with E-state index in [1.54, 1.807) is 4.90 Å². The van der Waals surface area contributed by atoms with Crippen molar-refractivity contribution < 1.29 is 19.1 Å². The average molecular weight is 412 g/mol. The zero-order valence-electron chi connectivity index (χ0n) is 17.5. The number of nitrogens with zero attached hydrogens (tertiary/aromatic N) is 4. The third-order valence-corrected chi connectivity index (χ3v) is 5.77. The molecule has 8 heteroatoms. The second-order valence-electron chi connectivity index (χ2n) is 7.84. The molecule has 3 heterocycles. The van der Waals surface area contributed by atoms with Crippen molar-refractivity contribution in [2.24, 2.45) is 0 Å². The molecular formula is C22H28N4O4. The van der Waals surface area contributed by atoms with E-state index in [-0.39, 0.29) is 24.5 Å². The lowest BCUT2D eigenvalue weighted by atomic mass is 10.0. The Hall–Kier alpha value is -2.55. The second-order valence-corrected chi connectivity index (χ2v) is 7.84. The highest BCUT2D eigenvalue weighted by Gasteiger charge is 2.29. The van der Waals surface area contributed by atoms with Gasteiger partial charge in [0.25, 0.3) is 5.91 Å². The highest BCUT2D eigenvalue weighted by molar-refractivity contribution is 6.06. The van der Waals surface area contributed by atoms with Crippen LogP contribution in [0.25, 0.3) is 10.9 Å². The van der Waals surface area contributed by atoms with Gasteiger partial charge in [-0.05, 0) is 19.2 Å². The molecule has 4 rings (SSSR count). The number of morpholine rings is 1. The number of ether oxygens (including phenoxy) is 2. The van der Waals surface area contributed by atoms with E-state index in [4.69, 9.17) is 14.5 Å². The predicted octanol–water partition coefficient (Wildman–Crippen LogP) is 1.17. The summed E-state index contributed by atoms with van der Waals surface area (Å²) in [6.07, 6.45) is -0.372. The van der Waals surface area contributed by atoms with Crippen LogP contribution < -0.4 is 0 Å². The number of amides is 2. The molecule has 8 nitrogen and oxygen atoms in total. The monoisotopic (exact) mass is 412 g/mol. The number of piperazine rings is 1. The van der Waals surface area contributed by atoms with E-state index < -0.39 is 0 Å². The summed E-state index contributed by atoms with van der Waals surface area (Å²) in [4.78, 5) is 36.3. The standard InChI is InChI=1S/C22H28N4O4/c1-24-7-9-25(10-8-24)22(28)17-13-19(23-18-6-4-3-5-16(17)18)20-14-26(11-12-30-20)21(27)15-29-2/h3-6,13,20H,7-12,14-15H2,1-2H3/t20-/m1/s1. The molecule has 1 atom stereocenters. The van der Waals surface area contributed by atoms with Crippen molar-refractivity contribution in [1.82, 2.24) is 19.7 Å². The van der Waals surface area contributed by atoms with Crippen molar-refractivity contribution in [3.05, 3.63) is 41.6 Å². The molecule has 1 aromatic carbocycles. The molecule has 2 saturated heterocycles. The number of hydrogen-bond acceptors (Lipinski definition) is 6. The fraction of sp³-hybridized carbons (Fsp3) is 0.500. The van der Waals surface area contributed by atoms with Crippen LogP contribution in [-0.2, 0) is 14.3 Å². The SMILES string of the molecule is COCC(=O)N1CCO[C@@H](c2cc(C(=O)N3CCN(C)CC3)c3ccccc3n2)C1. The van der Waals surface area contributed by atoms with Gasteiger partial charge < -0.3 is 24.2 Å². The minimum Gasteiger partial charge on any atom is -0.375 e. The lowest BCUT2D eigenvalue weighted by Crippen LogP contribution is -2.47. The molecule has 2 aliphatic rings. The molecule has 2 amide bonds. The first-order valence-corrected chi connectivity index (χ1v) is 10.3. The van der Waals surface area contributed by atoms with Crippen molar-refractivity contribution in [3.8, 4) is 0 Å². The van der Waals surface area contributed by atoms with Gasteiger partial charge in [-0.1, -0.05) is 18.2 Å². The van der Waals surface area contributed by atoms with Gasteiger partial charge in [0.05, 0.1) is 29.9 Å². The van der Waals surface area contributed by atoms with Crippen LogP contribution in [0.4, 0.5) is 0 Å². The summed E-state index contributed by atoms with van der Waals surface area (Å²) in [5.74, 6) is -0.0496. The molecule has 0 aliphatic carbocycles. The van der Waals surface area contributed by atoms with Gasteiger partial charge in [0, 0.05) is 45.2 Å². The van der Waals surface area contributed by atoms with Gasteiger partial charge in [-0.2, -0.15) is 0 Å². The number of carbonyl (C=O) groups excluding carboxylic acids is 2. The summed E-state index contributed by atoms with van der Waals surface area (Å²) < 4.78 is 10.9. The molecule has 0 radical (unpaired) electrons. The first-order valence-electron chi connectivity index (χ1n) is 10.3. The summed E-state index contributed by atoms with van der Waals surface area (Å²) in [5, 5.41) is 0.841. The van der Waals surface area contributed by atoms with Gasteiger partial charge in [-0.25, -0.2) is 4.98 Å². The van der Waals surface area contributed by atoms with E-state index in [0.717, 1.165) is 24.0 Å². The van der Waals surface area contributed by atoms with Crippen molar-refractivity contribution >= 4 is 22.7 Å². The third kappa shape index (κ3) is 4.30. The topological polar surface area (TPSA) is 75.2 Å². The average Bonchev–Trinajstić information content (AvgIpc) is 2.78. The van der Waals surface area contributed by atoms with E-state index in [1.165, 1.54) is 7.11 Å². The summed E-state index contributed by atoms with van der Waals surface area (Å²) in [7, 11) is 3.58. The molecular weight excluding hydrogens is 384 g/mol. The third-order valence-electron chi connectivity index (χ3n) is 5.77. The molecule has 2 fully saturated rings. The molecule has 0 saturated carbocycles. The van der Waals surface area contributed by atoms with Crippen molar-refractivity contribution in [3.63, 3.8) is 0 Å². The molecule has 0 bridgehead atoms. The van der Waals surface area contributed by atoms with Gasteiger partial charge >= 0.3 is 0 Å². The highest BCUT2D eigenvalue weighted by atomic mass is 16.5. The van der Waals surface area contributed by atoms with Crippen molar-refractivity contribution in [2.75, 3.05) is 66.6 Å². The summed E-state index contributed by atoms with van der Waals surface area (Å²) >= 11 is 0. The minimum absolute atomic E-state index is 0.0195. The largest absolute Gasteiger partial charge is 0.375 e. The predicted molar refractivity (Wildman–Crippen MR) is 112 cm³/mol. The summed E-state index contributed by atoms with van der Waals surface area (Å²) in [6, 6.07) is 9.53. The first kappa shape index (κ1) is 20.7. The van der Waals surface area contributed by atoms with Crippen molar-refractivity contribution in [2.45, 2.75) is 6.10 Å². The maximum Gasteiger partial charge on any atom is 0.254 e. The Morgan fingerprint density at radius 2 is 1.90 bits per heavy atom. The van der Waals surface area contributed by atoms with Crippen molar-refractivity contribution in [1.29, 1.82) is 0 Å². The van der Waals surface area contributed by atoms with E-state index in [2.05, 4.69) is 11.9 Å². The quantitative estimate of drug-likeness (QED) is 0.751. The maximum absolute atomic E-state index is 13.4. The molecule has 0 spiro atoms. The lowest BCUT2D eigenvalue weighted by molar-refractivity contribution is -0.143. The number of hydrogen-bond donors (Lipinski definition) is 0. The Bertz CT molecular complexity index is 926. The Morgan fingerprint density at radius 1 is 1.13 bits per heavy atom. The van der Waals surface area contributed by atoms with Gasteiger partial charge in [-0.15, -0.1) is 0 Å². The van der Waals surface area contributed by atoms with Crippen LogP contribution in [0, 0.1) is 0 Å². The molecule has 2 aliphatic heterocycles. The molecule has 0 N–H and O–H groups in total. The highest BCUT2D eigenvalue weighted by Crippen LogP contribution is 2.27. The number of para-hydroxylation sites is 1. The number of likely N-dealkylation sites (N-methyl/N-ethyl adjacent to an activating group) is 1. The first-order chi connectivity index (χ1) is 14.6. The van der Waals surface area contributed by atoms with Gasteiger partial charge in [0.2, 0.25) is 5.91 Å². The minimum atomic E-state index is -0.372. The zero-order valence-corrected chi connectivity index (χ0v) is 17.5. The number of benzene rings is 1. The molecule has 1 aromatic heterocycles. The number of aromatic nitrogens is 1.